The van der Waals surface area contributed by atoms with Crippen LogP contribution in [0.15, 0.2) is 30.3 Å². The van der Waals surface area contributed by atoms with Gasteiger partial charge in [0.05, 0.1) is 6.07 Å². The number of nitriles is 1. The van der Waals surface area contributed by atoms with E-state index in [-0.39, 0.29) is 22.9 Å². The second-order valence-electron chi connectivity index (χ2n) is 7.95. The fraction of sp³-hybridized carbons (Fsp3) is 0.440. The first-order valence-corrected chi connectivity index (χ1v) is 11.6. The van der Waals surface area contributed by atoms with Crippen LogP contribution in [0.3, 0.4) is 0 Å². The number of ether oxygens (including phenoxy) is 1. The molecule has 0 amide bonds. The lowest BCUT2D eigenvalue weighted by molar-refractivity contribution is -0.124. The molecule has 2 aromatic rings. The van der Waals surface area contributed by atoms with Crippen molar-refractivity contribution in [3.8, 4) is 11.8 Å². The van der Waals surface area contributed by atoms with E-state index in [4.69, 9.17) is 21.1 Å². The molecular formula is C25H34FN3O3S. The number of rotatable bonds is 7. The van der Waals surface area contributed by atoms with E-state index in [9.17, 15) is 14.0 Å². The molecular weight excluding hydrogens is 441 g/mol. The Morgan fingerprint density at radius 1 is 1.21 bits per heavy atom. The molecule has 0 spiro atoms. The number of thiophene rings is 1. The summed E-state index contributed by atoms with van der Waals surface area (Å²) in [5, 5.41) is 15.1. The number of carbonyl (C=O) groups excluding carboxylic acids is 2. The van der Waals surface area contributed by atoms with Gasteiger partial charge in [0.25, 0.3) is 0 Å². The molecule has 0 aliphatic heterocycles. The number of unbranched alkanes of at least 4 members (excludes halogenated alkanes) is 1. The highest BCUT2D eigenvalue weighted by Crippen LogP contribution is 2.28. The number of nitrogens with two attached hydrogens (primary N) is 1. The molecule has 33 heavy (non-hydrogen) atoms. The third-order valence-corrected chi connectivity index (χ3v) is 5.30. The number of Topliss-reactive ketones (excluding diaryl/α,β-unsaturated/α-hetero) is 1. The number of halogens is 1. The maximum absolute atomic E-state index is 13.9. The van der Waals surface area contributed by atoms with Crippen molar-refractivity contribution in [2.45, 2.75) is 67.2 Å². The van der Waals surface area contributed by atoms with Gasteiger partial charge in [-0.15, -0.1) is 11.3 Å². The van der Waals surface area contributed by atoms with Gasteiger partial charge in [0.2, 0.25) is 0 Å². The molecule has 2 rings (SSSR count). The van der Waals surface area contributed by atoms with Crippen molar-refractivity contribution in [3.05, 3.63) is 51.5 Å². The molecule has 0 unspecified atom stereocenters. The first-order chi connectivity index (χ1) is 15.4. The molecule has 1 heterocycles. The molecule has 0 aliphatic carbocycles. The van der Waals surface area contributed by atoms with Crippen LogP contribution in [-0.4, -0.2) is 17.6 Å². The molecule has 1 aromatic carbocycles. The number of hydrogen-bond acceptors (Lipinski definition) is 6. The van der Waals surface area contributed by atoms with Crippen molar-refractivity contribution < 1.29 is 18.7 Å². The number of ketones is 1. The lowest BCUT2D eigenvalue weighted by Gasteiger charge is -2.19. The third kappa shape index (κ3) is 10.9. The van der Waals surface area contributed by atoms with E-state index in [0.717, 1.165) is 17.4 Å². The van der Waals surface area contributed by atoms with Crippen molar-refractivity contribution in [2.75, 3.05) is 0 Å². The third-order valence-electron chi connectivity index (χ3n) is 4.24. The van der Waals surface area contributed by atoms with Gasteiger partial charge in [-0.05, 0) is 50.1 Å². The van der Waals surface area contributed by atoms with E-state index in [0.29, 0.717) is 17.7 Å². The summed E-state index contributed by atoms with van der Waals surface area (Å²) in [5.41, 5.74) is 4.98. The first kappa shape index (κ1) is 29.9. The number of nitrogens with one attached hydrogen (secondary N) is 1. The lowest BCUT2D eigenvalue weighted by Crippen LogP contribution is -2.23. The van der Waals surface area contributed by atoms with Gasteiger partial charge in [0.1, 0.15) is 16.5 Å². The first-order valence-electron chi connectivity index (χ1n) is 10.8. The van der Waals surface area contributed by atoms with E-state index >= 15 is 0 Å². The largest absolute Gasteiger partial charge is 0.419 e. The predicted octanol–water partition coefficient (Wildman–Crippen LogP) is 6.27. The lowest BCUT2D eigenvalue weighted by atomic mass is 9.85. The fourth-order valence-electron chi connectivity index (χ4n) is 2.16. The molecule has 1 aromatic heterocycles. The molecule has 0 aliphatic rings. The zero-order valence-corrected chi connectivity index (χ0v) is 21.1. The van der Waals surface area contributed by atoms with Gasteiger partial charge in [-0.1, -0.05) is 41.0 Å². The Balaban J connectivity index is 0.00000111. The van der Waals surface area contributed by atoms with Gasteiger partial charge in [-0.2, -0.15) is 5.26 Å². The predicted molar refractivity (Wildman–Crippen MR) is 131 cm³/mol. The van der Waals surface area contributed by atoms with Gasteiger partial charge in [0.15, 0.2) is 11.6 Å². The van der Waals surface area contributed by atoms with Gasteiger partial charge in [0, 0.05) is 22.3 Å². The molecule has 0 atom stereocenters. The molecule has 0 bridgehead atoms. The average Bonchev–Trinajstić information content (AvgIpc) is 3.19. The van der Waals surface area contributed by atoms with E-state index in [2.05, 4.69) is 13.8 Å². The van der Waals surface area contributed by atoms with Crippen molar-refractivity contribution in [1.82, 2.24) is 0 Å². The van der Waals surface area contributed by atoms with Crippen LogP contribution in [0.1, 0.15) is 80.9 Å². The van der Waals surface area contributed by atoms with Crippen LogP contribution in [0.4, 0.5) is 4.39 Å². The van der Waals surface area contributed by atoms with Crippen molar-refractivity contribution >= 4 is 28.9 Å². The molecule has 3 N–H and O–H groups in total. The van der Waals surface area contributed by atoms with E-state index in [1.165, 1.54) is 36.8 Å². The van der Waals surface area contributed by atoms with Crippen molar-refractivity contribution in [2.24, 2.45) is 11.1 Å². The number of hydrogen-bond donors (Lipinski definition) is 2. The van der Waals surface area contributed by atoms with Crippen LogP contribution in [-0.2, 0) is 11.2 Å². The summed E-state index contributed by atoms with van der Waals surface area (Å²) in [6.07, 6.45) is 3.44. The van der Waals surface area contributed by atoms with E-state index in [1.807, 2.05) is 26.8 Å². The van der Waals surface area contributed by atoms with Crippen molar-refractivity contribution in [1.29, 1.82) is 10.7 Å². The summed E-state index contributed by atoms with van der Waals surface area (Å²) in [4.78, 5) is 25.0. The summed E-state index contributed by atoms with van der Waals surface area (Å²) < 4.78 is 19.0. The van der Waals surface area contributed by atoms with Crippen LogP contribution in [0.25, 0.3) is 0 Å². The Morgan fingerprint density at radius 3 is 2.24 bits per heavy atom. The maximum Gasteiger partial charge on any atom is 0.353 e. The molecule has 0 fully saturated rings. The van der Waals surface area contributed by atoms with E-state index < -0.39 is 17.2 Å². The molecule has 180 valence electrons. The summed E-state index contributed by atoms with van der Waals surface area (Å²) in [5.74, 6) is -1.87. The number of nitrogens with zero attached hydrogens (tertiary/aromatic N) is 1. The summed E-state index contributed by atoms with van der Waals surface area (Å²) in [7, 11) is 0. The quantitative estimate of drug-likeness (QED) is 0.212. The maximum atomic E-state index is 13.9. The molecule has 6 nitrogen and oxygen atoms in total. The number of esters is 1. The highest BCUT2D eigenvalue weighted by Gasteiger charge is 2.25. The second-order valence-corrected chi connectivity index (χ2v) is 9.11. The smallest absolute Gasteiger partial charge is 0.353 e. The topological polar surface area (TPSA) is 117 Å². The van der Waals surface area contributed by atoms with Gasteiger partial charge in [-0.25, -0.2) is 9.18 Å². The minimum Gasteiger partial charge on any atom is -0.419 e. The molecule has 0 saturated heterocycles. The second kappa shape index (κ2) is 14.9. The highest BCUT2D eigenvalue weighted by atomic mass is 32.1. The zero-order chi connectivity index (χ0) is 25.6. The fourth-order valence-corrected chi connectivity index (χ4v) is 3.27. The summed E-state index contributed by atoms with van der Waals surface area (Å²) in [6, 6.07) is 9.09. The minimum atomic E-state index is -0.768. The van der Waals surface area contributed by atoms with Crippen molar-refractivity contribution in [3.63, 3.8) is 0 Å². The zero-order valence-electron chi connectivity index (χ0n) is 20.3. The number of amidine groups is 1. The van der Waals surface area contributed by atoms with Crippen LogP contribution < -0.4 is 10.5 Å². The van der Waals surface area contributed by atoms with Crippen LogP contribution >= 0.6 is 11.3 Å². The highest BCUT2D eigenvalue weighted by molar-refractivity contribution is 7.13. The Kier molecular flexibility index (Phi) is 13.5. The normalized spacial score (nSPS) is 10.0. The average molecular weight is 476 g/mol. The summed E-state index contributed by atoms with van der Waals surface area (Å²) in [6.45, 7) is 11.5. The molecule has 8 heteroatoms. The number of carbonyl (C=O) groups is 2. The van der Waals surface area contributed by atoms with Gasteiger partial charge >= 0.3 is 5.97 Å². The Hall–Kier alpha value is -3.05. The minimum absolute atomic E-state index is 0.0673. The molecule has 0 radical (unpaired) electrons. The standard InChI is InChI=1S/C18H19FN2O3S.C4H7N.C3H8/c1-10(22)18(2,3)9-12-5-7-15(25-12)17(23)24-14-6-4-11(16(20)21)8-13(14)19;1-2-3-4-5;1-3-2/h4-8H,9H2,1-3H3,(H3,20,21);2-3H2,1H3;3H2,1-2H3. The number of nitrogen functional groups attached to an aromatic ring is 1. The Morgan fingerprint density at radius 2 is 1.82 bits per heavy atom. The molecule has 0 saturated carbocycles. The van der Waals surface area contributed by atoms with Gasteiger partial charge < -0.3 is 10.5 Å². The van der Waals surface area contributed by atoms with E-state index in [1.54, 1.807) is 12.1 Å². The van der Waals surface area contributed by atoms with Crippen LogP contribution in [0.5, 0.6) is 5.75 Å². The Bertz CT molecular complexity index is 978. The van der Waals surface area contributed by atoms with Crippen LogP contribution in [0, 0.1) is 28.0 Å². The Labute approximate surface area is 200 Å². The summed E-state index contributed by atoms with van der Waals surface area (Å²) >= 11 is 1.22. The monoisotopic (exact) mass is 475 g/mol. The van der Waals surface area contributed by atoms with Crippen LogP contribution in [0.2, 0.25) is 0 Å². The SMILES string of the molecule is CC(=O)C(C)(C)Cc1ccc(C(=O)Oc2ccc(C(=N)N)cc2F)s1.CCC.CCCC#N. The van der Waals surface area contributed by atoms with Gasteiger partial charge in [-0.3, -0.25) is 10.2 Å². The number of benzene rings is 1.